The van der Waals surface area contributed by atoms with Gasteiger partial charge in [-0.25, -0.2) is 18.2 Å². The number of nitriles is 1. The zero-order valence-electron chi connectivity index (χ0n) is 23.5. The molecule has 0 unspecified atom stereocenters. The van der Waals surface area contributed by atoms with Crippen LogP contribution in [0.3, 0.4) is 0 Å². The van der Waals surface area contributed by atoms with E-state index in [0.717, 1.165) is 19.0 Å². The predicted molar refractivity (Wildman–Crippen MR) is 152 cm³/mol. The van der Waals surface area contributed by atoms with E-state index in [1.165, 1.54) is 16.7 Å². The summed E-state index contributed by atoms with van der Waals surface area (Å²) in [5.41, 5.74) is -0.300. The molecule has 3 aromatic rings. The molecule has 42 heavy (non-hydrogen) atoms. The number of rotatable bonds is 1. The van der Waals surface area contributed by atoms with E-state index in [4.69, 9.17) is 0 Å². The largest absolute Gasteiger partial charge is 0.380 e. The third-order valence-corrected chi connectivity index (χ3v) is 8.71. The highest BCUT2D eigenvalue weighted by atomic mass is 19.3. The van der Waals surface area contributed by atoms with Crippen LogP contribution in [0.25, 0.3) is 11.0 Å². The van der Waals surface area contributed by atoms with Crippen LogP contribution in [0.5, 0.6) is 0 Å². The molecular formula is C31H33F3N6O2. The minimum Gasteiger partial charge on any atom is -0.380 e. The van der Waals surface area contributed by atoms with Gasteiger partial charge in [-0.15, -0.1) is 0 Å². The van der Waals surface area contributed by atoms with Crippen molar-refractivity contribution in [3.8, 4) is 6.07 Å². The molecular weight excluding hydrogens is 545 g/mol. The third-order valence-electron chi connectivity index (χ3n) is 8.71. The Morgan fingerprint density at radius 1 is 1.10 bits per heavy atom. The summed E-state index contributed by atoms with van der Waals surface area (Å²) < 4.78 is 47.5. The molecule has 1 saturated heterocycles. The van der Waals surface area contributed by atoms with Crippen LogP contribution in [-0.2, 0) is 29.2 Å². The smallest absolute Gasteiger partial charge is 0.276 e. The number of hydrogen-bond acceptors (Lipinski definition) is 6. The van der Waals surface area contributed by atoms with Crippen molar-refractivity contribution < 1.29 is 18.0 Å². The first-order valence-corrected chi connectivity index (χ1v) is 14.5. The third kappa shape index (κ3) is 5.24. The Morgan fingerprint density at radius 3 is 2.62 bits per heavy atom. The van der Waals surface area contributed by atoms with Gasteiger partial charge in [-0.1, -0.05) is 18.2 Å². The summed E-state index contributed by atoms with van der Waals surface area (Å²) in [4.78, 5) is 33.3. The van der Waals surface area contributed by atoms with E-state index in [9.17, 15) is 14.9 Å². The molecule has 1 amide bonds. The predicted octanol–water partition coefficient (Wildman–Crippen LogP) is 4.34. The van der Waals surface area contributed by atoms with Crippen molar-refractivity contribution >= 4 is 22.6 Å². The molecule has 8 bridgehead atoms. The van der Waals surface area contributed by atoms with Gasteiger partial charge in [0.15, 0.2) is 0 Å². The lowest BCUT2D eigenvalue weighted by atomic mass is 9.89. The van der Waals surface area contributed by atoms with Crippen LogP contribution in [0.1, 0.15) is 54.5 Å². The maximum Gasteiger partial charge on any atom is 0.276 e. The maximum absolute atomic E-state index is 15.6. The highest BCUT2D eigenvalue weighted by Gasteiger charge is 2.47. The van der Waals surface area contributed by atoms with Crippen LogP contribution >= 0.6 is 0 Å². The molecule has 5 heterocycles. The van der Waals surface area contributed by atoms with Gasteiger partial charge < -0.3 is 15.5 Å². The van der Waals surface area contributed by atoms with Gasteiger partial charge in [-0.2, -0.15) is 5.26 Å². The number of alkyl halides is 2. The van der Waals surface area contributed by atoms with E-state index in [0.29, 0.717) is 61.2 Å². The fraction of sp³-hybridized carbons (Fsp3) is 0.484. The summed E-state index contributed by atoms with van der Waals surface area (Å²) in [6.45, 7) is 3.58. The molecule has 8 nitrogen and oxygen atoms in total. The zero-order chi connectivity index (χ0) is 29.6. The first-order chi connectivity index (χ1) is 20.1. The van der Waals surface area contributed by atoms with Gasteiger partial charge in [0, 0.05) is 60.5 Å². The Balaban J connectivity index is 1.43. The standard InChI is InChI=1S/C31H33F3N6O2/c1-19-11-25-22-12-24(30(18-35)7-8-30)29(42)40(28(22)38-19)17-26(41)36-9-2-3-10-39-15-20(16-39)13-31(33,34)23-6-4-5-21(14-37-25)27(23)32/h4-6,11-12,20,37H,2-3,7-10,13-17H2,1H3,(H,36,41). The number of aromatic nitrogens is 2. The summed E-state index contributed by atoms with van der Waals surface area (Å²) in [5.74, 6) is -4.81. The van der Waals surface area contributed by atoms with Gasteiger partial charge in [0.2, 0.25) is 5.91 Å². The van der Waals surface area contributed by atoms with Crippen LogP contribution in [0, 0.1) is 30.0 Å². The molecule has 220 valence electrons. The summed E-state index contributed by atoms with van der Waals surface area (Å²) in [6, 6.07) is 9.69. The zero-order valence-corrected chi connectivity index (χ0v) is 23.5. The van der Waals surface area contributed by atoms with Gasteiger partial charge in [-0.05, 0) is 57.2 Å². The average molecular weight is 579 g/mol. The number of anilines is 1. The number of nitrogens with zero attached hydrogens (tertiary/aromatic N) is 4. The van der Waals surface area contributed by atoms with E-state index in [2.05, 4.69) is 26.6 Å². The molecule has 2 aromatic heterocycles. The Kier molecular flexibility index (Phi) is 7.21. The first kappa shape index (κ1) is 28.2. The number of carbonyl (C=O) groups is 1. The minimum absolute atomic E-state index is 0.0829. The number of amides is 1. The first-order valence-electron chi connectivity index (χ1n) is 14.5. The van der Waals surface area contributed by atoms with Crippen molar-refractivity contribution in [1.29, 1.82) is 5.26 Å². The second-order valence-electron chi connectivity index (χ2n) is 11.9. The van der Waals surface area contributed by atoms with E-state index < -0.39 is 34.7 Å². The van der Waals surface area contributed by atoms with E-state index in [-0.39, 0.29) is 36.1 Å². The highest BCUT2D eigenvalue weighted by Crippen LogP contribution is 2.47. The van der Waals surface area contributed by atoms with Crippen LogP contribution < -0.4 is 16.2 Å². The topological polar surface area (TPSA) is 103 Å². The molecule has 4 aliphatic rings. The summed E-state index contributed by atoms with van der Waals surface area (Å²) in [6.07, 6.45) is 2.12. The Morgan fingerprint density at radius 2 is 1.88 bits per heavy atom. The number of pyridine rings is 2. The quantitative estimate of drug-likeness (QED) is 0.446. The summed E-state index contributed by atoms with van der Waals surface area (Å²) in [7, 11) is 0. The lowest BCUT2D eigenvalue weighted by Gasteiger charge is -2.41. The van der Waals surface area contributed by atoms with E-state index in [1.54, 1.807) is 19.1 Å². The van der Waals surface area contributed by atoms with Gasteiger partial charge in [0.1, 0.15) is 18.0 Å². The normalized spacial score (nSPS) is 23.5. The van der Waals surface area contributed by atoms with Crippen LogP contribution in [0.15, 0.2) is 35.1 Å². The van der Waals surface area contributed by atoms with Gasteiger partial charge >= 0.3 is 0 Å². The number of benzene rings is 1. The van der Waals surface area contributed by atoms with Crippen molar-refractivity contribution in [2.45, 2.75) is 63.5 Å². The van der Waals surface area contributed by atoms with Crippen LogP contribution in [0.4, 0.5) is 18.9 Å². The van der Waals surface area contributed by atoms with E-state index >= 15 is 13.2 Å². The molecule has 0 radical (unpaired) electrons. The monoisotopic (exact) mass is 578 g/mol. The van der Waals surface area contributed by atoms with E-state index in [1.807, 2.05) is 0 Å². The molecule has 3 aliphatic heterocycles. The number of nitrogens with one attached hydrogen (secondary N) is 2. The lowest BCUT2D eigenvalue weighted by Crippen LogP contribution is -2.48. The second kappa shape index (κ2) is 10.7. The number of halogens is 3. The van der Waals surface area contributed by atoms with Gasteiger partial charge in [0.25, 0.3) is 11.5 Å². The molecule has 11 heteroatoms. The van der Waals surface area contributed by atoms with Crippen molar-refractivity contribution in [1.82, 2.24) is 19.8 Å². The Labute approximate surface area is 241 Å². The van der Waals surface area contributed by atoms with Crippen LogP contribution in [0.2, 0.25) is 0 Å². The van der Waals surface area contributed by atoms with Crippen molar-refractivity contribution in [2.75, 3.05) is 31.5 Å². The van der Waals surface area contributed by atoms with Gasteiger partial charge in [0.05, 0.1) is 17.0 Å². The van der Waals surface area contributed by atoms with Gasteiger partial charge in [-0.3, -0.25) is 14.2 Å². The fourth-order valence-electron chi connectivity index (χ4n) is 6.20. The molecule has 1 aromatic carbocycles. The average Bonchev–Trinajstić information content (AvgIpc) is 3.72. The highest BCUT2D eigenvalue weighted by molar-refractivity contribution is 5.91. The fourth-order valence-corrected chi connectivity index (χ4v) is 6.20. The van der Waals surface area contributed by atoms with Crippen LogP contribution in [-0.4, -0.2) is 46.5 Å². The molecule has 0 atom stereocenters. The number of fused-ring (bicyclic) bond motifs is 8. The molecule has 2 fully saturated rings. The molecule has 2 N–H and O–H groups in total. The Bertz CT molecular complexity index is 1650. The van der Waals surface area contributed by atoms with Crippen molar-refractivity contribution in [3.63, 3.8) is 0 Å². The van der Waals surface area contributed by atoms with Crippen molar-refractivity contribution in [2.24, 2.45) is 5.92 Å². The van der Waals surface area contributed by atoms with Crippen molar-refractivity contribution in [3.05, 3.63) is 68.9 Å². The number of aryl methyl sites for hydroxylation is 1. The number of carbonyl (C=O) groups excluding carboxylic acids is 1. The Hall–Kier alpha value is -3.91. The molecule has 7 rings (SSSR count). The maximum atomic E-state index is 15.6. The molecule has 0 spiro atoms. The second-order valence-corrected chi connectivity index (χ2v) is 11.9. The number of hydrogen-bond donors (Lipinski definition) is 2. The SMILES string of the molecule is Cc1cc2c3cc(C4(C#N)CC4)c(=O)n(c3n1)CC(=O)NCCCCN1CC(C1)CC(F)(F)c1cccc(c1F)CN2. The summed E-state index contributed by atoms with van der Waals surface area (Å²) >= 11 is 0. The minimum atomic E-state index is -3.30. The molecule has 1 saturated carbocycles. The lowest BCUT2D eigenvalue weighted by molar-refractivity contribution is -0.121. The molecule has 1 aliphatic carbocycles. The summed E-state index contributed by atoms with van der Waals surface area (Å²) in [5, 5.41) is 16.4.